The molecule has 0 aliphatic rings. The summed E-state index contributed by atoms with van der Waals surface area (Å²) in [6.07, 6.45) is 0. The summed E-state index contributed by atoms with van der Waals surface area (Å²) >= 11 is 0. The Morgan fingerprint density at radius 1 is 0.852 bits per heavy atom. The van der Waals surface area contributed by atoms with Crippen LogP contribution in [0.25, 0.3) is 10.1 Å². The van der Waals surface area contributed by atoms with Gasteiger partial charge in [-0.2, -0.15) is 24.2 Å². The van der Waals surface area contributed by atoms with Crippen LogP contribution in [0.1, 0.15) is 0 Å². The van der Waals surface area contributed by atoms with Gasteiger partial charge in [0.05, 0.1) is 8.24 Å². The summed E-state index contributed by atoms with van der Waals surface area (Å²) < 4.78 is 8.52. The van der Waals surface area contributed by atoms with E-state index in [1.807, 2.05) is 50.0 Å². The minimum Gasteiger partial charge on any atom is -0.999 e. The summed E-state index contributed by atoms with van der Waals surface area (Å²) in [4.78, 5) is 0. The van der Waals surface area contributed by atoms with E-state index < -0.39 is 24.7 Å². The first-order valence-electron chi connectivity index (χ1n) is 8.61. The van der Waals surface area contributed by atoms with Crippen molar-refractivity contribution in [2.45, 2.75) is 58.9 Å². The molecule has 0 spiro atoms. The van der Waals surface area contributed by atoms with Gasteiger partial charge in [0.2, 0.25) is 0 Å². The molecule has 0 fully saturated rings. The van der Waals surface area contributed by atoms with Crippen molar-refractivity contribution in [3.8, 4) is 0 Å². The van der Waals surface area contributed by atoms with Crippen LogP contribution in [0.15, 0.2) is 41.1 Å². The molecule has 2 aromatic carbocycles. The van der Waals surface area contributed by atoms with Crippen molar-refractivity contribution in [3.05, 3.63) is 70.7 Å². The maximum atomic E-state index is 8.02. The Kier molecular flexibility index (Phi) is 19.1. The first kappa shape index (κ1) is 31.3. The molecule has 0 atom stereocenters. The molecule has 0 amide bonds. The maximum Gasteiger partial charge on any atom is 0.0524 e. The first-order chi connectivity index (χ1) is 11.8. The fraction of sp³-hybridized carbons (Fsp3) is 0.450. The molecule has 7 heteroatoms. The Balaban J connectivity index is -0.000000288. The van der Waals surface area contributed by atoms with Gasteiger partial charge in [-0.15, -0.1) is 0 Å². The van der Waals surface area contributed by atoms with E-state index in [1.165, 1.54) is 0 Å². The Hall–Kier alpha value is -0.426. The molecule has 0 saturated heterocycles. The third-order valence-corrected chi connectivity index (χ3v) is 8.10. The number of hydrogen-bond donors (Lipinski definition) is 0. The quantitative estimate of drug-likeness (QED) is 0.264. The monoisotopic (exact) mass is 489 g/mol. The molecule has 0 aliphatic carbocycles. The minimum atomic E-state index is -1.39. The fourth-order valence-corrected chi connectivity index (χ4v) is 10.0. The second-order valence-corrected chi connectivity index (χ2v) is 22.6. The summed E-state index contributed by atoms with van der Waals surface area (Å²) in [6.45, 7) is 19.9. The Morgan fingerprint density at radius 3 is 1.33 bits per heavy atom. The average molecular weight is 491 g/mol. The van der Waals surface area contributed by atoms with Gasteiger partial charge in [-0.3, -0.25) is 0 Å². The summed E-state index contributed by atoms with van der Waals surface area (Å²) in [5, 5.41) is 8.02. The van der Waals surface area contributed by atoms with Gasteiger partial charge in [-0.25, -0.2) is 12.1 Å². The van der Waals surface area contributed by atoms with Crippen LogP contribution in [0.4, 0.5) is 0 Å². The van der Waals surface area contributed by atoms with E-state index in [9.17, 15) is 0 Å². The summed E-state index contributed by atoms with van der Waals surface area (Å²) in [6, 6.07) is 23.8. The summed E-state index contributed by atoms with van der Waals surface area (Å²) in [7, 11) is -3.61. The third kappa shape index (κ3) is 37.1. The van der Waals surface area contributed by atoms with Crippen molar-refractivity contribution in [1.82, 2.24) is 0 Å². The molecule has 0 N–H and O–H groups in total. The SMILES string of the molecule is C[Si](C)(C)N=C=[N-].C[Si](C)(C)[N-][Si](C)(C)C.[Zr].[c-]1[c-][c-][cH-][c-]1.c1cc[cH-]c1. The summed E-state index contributed by atoms with van der Waals surface area (Å²) in [5.41, 5.74) is 0. The van der Waals surface area contributed by atoms with Crippen LogP contribution in [0.3, 0.4) is 0 Å². The van der Waals surface area contributed by atoms with Crippen molar-refractivity contribution < 1.29 is 26.2 Å². The van der Waals surface area contributed by atoms with E-state index in [4.69, 9.17) is 10.1 Å². The zero-order chi connectivity index (χ0) is 20.7. The van der Waals surface area contributed by atoms with Gasteiger partial charge in [0, 0.05) is 26.2 Å². The van der Waals surface area contributed by atoms with E-state index in [0.717, 1.165) is 0 Å². The van der Waals surface area contributed by atoms with Gasteiger partial charge < -0.3 is 45.0 Å². The number of nitrogens with zero attached hydrogens (tertiary/aromatic N) is 3. The Morgan fingerprint density at radius 2 is 1.26 bits per heavy atom. The third-order valence-electron chi connectivity index (χ3n) is 1.96. The molecule has 0 radical (unpaired) electrons. The van der Waals surface area contributed by atoms with Crippen LogP contribution >= 0.6 is 0 Å². The number of rotatable bonds is 3. The van der Waals surface area contributed by atoms with Gasteiger partial charge in [-0.05, 0) is 0 Å². The second kappa shape index (κ2) is 16.5. The smallest absolute Gasteiger partial charge is 0.0524 e. The van der Waals surface area contributed by atoms with Crippen LogP contribution in [0.2, 0.25) is 58.9 Å². The fourth-order valence-electron chi connectivity index (χ4n) is 1.66. The molecule has 0 saturated carbocycles. The van der Waals surface area contributed by atoms with Crippen LogP contribution in [-0.2, 0) is 26.2 Å². The zero-order valence-corrected chi connectivity index (χ0v) is 23.8. The molecule has 0 aromatic heterocycles. The van der Waals surface area contributed by atoms with Crippen molar-refractivity contribution in [2.75, 3.05) is 0 Å². The maximum absolute atomic E-state index is 8.02. The topological polar surface area (TPSA) is 48.8 Å². The minimum absolute atomic E-state index is 0. The van der Waals surface area contributed by atoms with E-state index >= 15 is 0 Å². The molecule has 2 rings (SSSR count). The summed E-state index contributed by atoms with van der Waals surface area (Å²) in [5.74, 6) is 0. The molecule has 152 valence electrons. The van der Waals surface area contributed by atoms with Crippen LogP contribution in [0.5, 0.6) is 0 Å². The van der Waals surface area contributed by atoms with Crippen molar-refractivity contribution >= 4 is 30.7 Å². The van der Waals surface area contributed by atoms with Crippen molar-refractivity contribution in [3.63, 3.8) is 0 Å². The molecule has 0 bridgehead atoms. The normalized spacial score (nSPS) is 10.3. The van der Waals surface area contributed by atoms with Gasteiger partial charge in [-0.1, -0.05) is 75.4 Å². The molecule has 0 aliphatic heterocycles. The van der Waals surface area contributed by atoms with Crippen molar-refractivity contribution in [2.24, 2.45) is 4.66 Å². The predicted molar refractivity (Wildman–Crippen MR) is 124 cm³/mol. The average Bonchev–Trinajstić information content (AvgIpc) is 3.14. The van der Waals surface area contributed by atoms with E-state index in [2.05, 4.69) is 68.2 Å². The Bertz CT molecular complexity index is 484. The zero-order valence-electron chi connectivity index (χ0n) is 18.3. The molecule has 27 heavy (non-hydrogen) atoms. The van der Waals surface area contributed by atoms with Gasteiger partial charge in [0.1, 0.15) is 0 Å². The van der Waals surface area contributed by atoms with Crippen LogP contribution in [0, 0.1) is 24.3 Å². The van der Waals surface area contributed by atoms with E-state index in [-0.39, 0.29) is 26.2 Å². The Labute approximate surface area is 190 Å². The predicted octanol–water partition coefficient (Wildman–Crippen LogP) is 6.60. The largest absolute Gasteiger partial charge is 0.999 e. The first-order valence-corrected chi connectivity index (χ1v) is 19.0. The van der Waals surface area contributed by atoms with Gasteiger partial charge in [0.15, 0.2) is 0 Å². The van der Waals surface area contributed by atoms with Crippen LogP contribution < -0.4 is 0 Å². The van der Waals surface area contributed by atoms with Gasteiger partial charge in [0.25, 0.3) is 0 Å². The molecular formula is C20H33N3Si3Zr-8. The molecule has 0 heterocycles. The molecular weight excluding hydrogens is 458 g/mol. The van der Waals surface area contributed by atoms with Crippen molar-refractivity contribution in [1.29, 1.82) is 0 Å². The number of hydrogen-bond acceptors (Lipinski definition) is 1. The van der Waals surface area contributed by atoms with Crippen LogP contribution in [-0.4, -0.2) is 30.7 Å². The standard InChI is InChI=1S/C6H18NSi2.C5H5.C5H.C4H9N2Si.Zr/c1-8(2,3)7-9(4,5)6;2*1-2-4-5-3-1;1-7(2,3)6-4-5;/h1-6H3;1-5H;1H;1-3H3;/q2*-1;-5;-1;. The van der Waals surface area contributed by atoms with E-state index in [0.29, 0.717) is 0 Å². The van der Waals surface area contributed by atoms with Gasteiger partial charge >= 0.3 is 0 Å². The molecule has 3 nitrogen and oxygen atoms in total. The second-order valence-electron chi connectivity index (χ2n) is 8.48. The van der Waals surface area contributed by atoms with E-state index in [1.54, 1.807) is 12.1 Å². The molecule has 2 aromatic rings. The molecule has 0 unspecified atom stereocenters.